The van der Waals surface area contributed by atoms with E-state index >= 15 is 0 Å². The Morgan fingerprint density at radius 3 is 2.30 bits per heavy atom. The zero-order valence-electron chi connectivity index (χ0n) is 12.7. The van der Waals surface area contributed by atoms with E-state index < -0.39 is 15.7 Å². The largest absolute Gasteiger partial charge is 0.350 e. The number of halogens is 1. The van der Waals surface area contributed by atoms with Crippen molar-refractivity contribution in [2.75, 3.05) is 5.75 Å². The Hall–Kier alpha value is -2.21. The van der Waals surface area contributed by atoms with Gasteiger partial charge in [0.15, 0.2) is 9.84 Å². The third-order valence-electron chi connectivity index (χ3n) is 3.45. The van der Waals surface area contributed by atoms with E-state index in [4.69, 9.17) is 0 Å². The summed E-state index contributed by atoms with van der Waals surface area (Å²) >= 11 is 0. The molecule has 0 bridgehead atoms. The third-order valence-corrected chi connectivity index (χ3v) is 5.18. The van der Waals surface area contributed by atoms with E-state index in [9.17, 15) is 17.6 Å². The molecular weight excluding hydrogens is 317 g/mol. The van der Waals surface area contributed by atoms with Crippen molar-refractivity contribution in [2.24, 2.45) is 0 Å². The summed E-state index contributed by atoms with van der Waals surface area (Å²) in [6.07, 6.45) is -0.142. The van der Waals surface area contributed by atoms with Crippen LogP contribution in [0.2, 0.25) is 0 Å². The smallest absolute Gasteiger partial charge is 0.221 e. The van der Waals surface area contributed by atoms with Crippen LogP contribution in [0.5, 0.6) is 0 Å². The highest BCUT2D eigenvalue weighted by atomic mass is 32.2. The Balaban J connectivity index is 1.92. The van der Waals surface area contributed by atoms with Gasteiger partial charge >= 0.3 is 0 Å². The van der Waals surface area contributed by atoms with Crippen LogP contribution in [0.25, 0.3) is 0 Å². The van der Waals surface area contributed by atoms with Crippen molar-refractivity contribution < 1.29 is 17.6 Å². The van der Waals surface area contributed by atoms with Crippen LogP contribution in [0.15, 0.2) is 59.5 Å². The van der Waals surface area contributed by atoms with Crippen molar-refractivity contribution in [1.29, 1.82) is 0 Å². The Bertz CT molecular complexity index is 758. The summed E-state index contributed by atoms with van der Waals surface area (Å²) in [7, 11) is -3.60. The first-order valence-electron chi connectivity index (χ1n) is 7.21. The molecule has 0 saturated carbocycles. The number of amides is 1. The summed E-state index contributed by atoms with van der Waals surface area (Å²) < 4.78 is 37.0. The summed E-state index contributed by atoms with van der Waals surface area (Å²) in [4.78, 5) is 11.9. The lowest BCUT2D eigenvalue weighted by molar-refractivity contribution is -0.121. The van der Waals surface area contributed by atoms with Crippen LogP contribution in [0.3, 0.4) is 0 Å². The standard InChI is InChI=1S/C17H18FNO3S/c1-13(14-5-3-2-4-6-14)19-17(20)11-12-23(21,22)16-9-7-15(18)8-10-16/h2-10,13H,11-12H2,1H3,(H,19,20)/t13-/m1/s1. The molecule has 0 aliphatic carbocycles. The Kier molecular flexibility index (Phi) is 5.50. The molecular formula is C17H18FNO3S. The molecule has 0 saturated heterocycles. The van der Waals surface area contributed by atoms with E-state index in [-0.39, 0.29) is 29.0 Å². The predicted molar refractivity (Wildman–Crippen MR) is 86.1 cm³/mol. The summed E-state index contributed by atoms with van der Waals surface area (Å²) in [5.41, 5.74) is 0.947. The van der Waals surface area contributed by atoms with Crippen molar-refractivity contribution in [2.45, 2.75) is 24.3 Å². The average Bonchev–Trinajstić information content (AvgIpc) is 2.54. The molecule has 4 nitrogen and oxygen atoms in total. The van der Waals surface area contributed by atoms with E-state index in [0.29, 0.717) is 0 Å². The molecule has 0 unspecified atom stereocenters. The molecule has 0 radical (unpaired) electrons. The van der Waals surface area contributed by atoms with E-state index in [0.717, 1.165) is 17.7 Å². The van der Waals surface area contributed by atoms with Gasteiger partial charge < -0.3 is 5.32 Å². The fraction of sp³-hybridized carbons (Fsp3) is 0.235. The summed E-state index contributed by atoms with van der Waals surface area (Å²) in [6, 6.07) is 13.8. The van der Waals surface area contributed by atoms with Gasteiger partial charge in [-0.2, -0.15) is 0 Å². The van der Waals surface area contributed by atoms with E-state index in [1.165, 1.54) is 12.1 Å². The molecule has 2 aromatic rings. The zero-order chi connectivity index (χ0) is 16.9. The van der Waals surface area contributed by atoms with Crippen molar-refractivity contribution in [1.82, 2.24) is 5.32 Å². The highest BCUT2D eigenvalue weighted by Crippen LogP contribution is 2.14. The number of carbonyl (C=O) groups is 1. The molecule has 0 aliphatic rings. The van der Waals surface area contributed by atoms with Crippen LogP contribution in [0, 0.1) is 5.82 Å². The van der Waals surface area contributed by atoms with Gasteiger partial charge in [0.2, 0.25) is 5.91 Å². The molecule has 2 rings (SSSR count). The fourth-order valence-corrected chi connectivity index (χ4v) is 3.37. The molecule has 2 aromatic carbocycles. The Morgan fingerprint density at radius 1 is 1.09 bits per heavy atom. The van der Waals surface area contributed by atoms with Crippen molar-refractivity contribution in [3.05, 3.63) is 66.0 Å². The van der Waals surface area contributed by atoms with E-state index in [2.05, 4.69) is 5.32 Å². The summed E-state index contributed by atoms with van der Waals surface area (Å²) in [5, 5.41) is 2.77. The lowest BCUT2D eigenvalue weighted by Gasteiger charge is -2.14. The first-order chi connectivity index (χ1) is 10.9. The minimum absolute atomic E-state index is 0.0165. The number of nitrogens with one attached hydrogen (secondary N) is 1. The first kappa shape index (κ1) is 17.1. The van der Waals surface area contributed by atoms with Crippen LogP contribution in [-0.4, -0.2) is 20.1 Å². The maximum atomic E-state index is 12.8. The normalized spacial score (nSPS) is 12.6. The average molecular weight is 335 g/mol. The molecule has 1 N–H and O–H groups in total. The quantitative estimate of drug-likeness (QED) is 0.826. The predicted octanol–water partition coefficient (Wildman–Crippen LogP) is 2.87. The van der Waals surface area contributed by atoms with Crippen molar-refractivity contribution >= 4 is 15.7 Å². The second-order valence-corrected chi connectivity index (χ2v) is 7.33. The lowest BCUT2D eigenvalue weighted by Crippen LogP contribution is -2.28. The molecule has 0 spiro atoms. The molecule has 6 heteroatoms. The van der Waals surface area contributed by atoms with E-state index in [1.807, 2.05) is 37.3 Å². The summed E-state index contributed by atoms with van der Waals surface area (Å²) in [5.74, 6) is -1.16. The van der Waals surface area contributed by atoms with Gasteiger partial charge in [-0.3, -0.25) is 4.79 Å². The molecule has 1 atom stereocenters. The number of rotatable bonds is 6. The van der Waals surface area contributed by atoms with Gasteiger partial charge in [-0.05, 0) is 36.8 Å². The fourth-order valence-electron chi connectivity index (χ4n) is 2.13. The van der Waals surface area contributed by atoms with Crippen LogP contribution >= 0.6 is 0 Å². The number of carbonyl (C=O) groups excluding carboxylic acids is 1. The lowest BCUT2D eigenvalue weighted by atomic mass is 10.1. The molecule has 0 aliphatic heterocycles. The van der Waals surface area contributed by atoms with E-state index in [1.54, 1.807) is 0 Å². The molecule has 0 fully saturated rings. The Labute approximate surface area is 135 Å². The van der Waals surface area contributed by atoms with Crippen LogP contribution in [0.1, 0.15) is 24.9 Å². The minimum Gasteiger partial charge on any atom is -0.350 e. The topological polar surface area (TPSA) is 63.2 Å². The van der Waals surface area contributed by atoms with Crippen molar-refractivity contribution in [3.63, 3.8) is 0 Å². The van der Waals surface area contributed by atoms with Gasteiger partial charge in [0.1, 0.15) is 5.82 Å². The highest BCUT2D eigenvalue weighted by Gasteiger charge is 2.17. The van der Waals surface area contributed by atoms with Gasteiger partial charge in [-0.1, -0.05) is 30.3 Å². The molecule has 122 valence electrons. The van der Waals surface area contributed by atoms with Crippen LogP contribution < -0.4 is 5.32 Å². The molecule has 23 heavy (non-hydrogen) atoms. The second-order valence-electron chi connectivity index (χ2n) is 5.22. The van der Waals surface area contributed by atoms with Crippen LogP contribution in [0.4, 0.5) is 4.39 Å². The molecule has 0 heterocycles. The summed E-state index contributed by atoms with van der Waals surface area (Å²) in [6.45, 7) is 1.84. The van der Waals surface area contributed by atoms with Gasteiger partial charge in [0.05, 0.1) is 16.7 Å². The first-order valence-corrected chi connectivity index (χ1v) is 8.86. The maximum Gasteiger partial charge on any atom is 0.221 e. The van der Waals surface area contributed by atoms with Gasteiger partial charge in [0, 0.05) is 6.42 Å². The Morgan fingerprint density at radius 2 is 1.70 bits per heavy atom. The number of hydrogen-bond acceptors (Lipinski definition) is 3. The number of hydrogen-bond donors (Lipinski definition) is 1. The monoisotopic (exact) mass is 335 g/mol. The van der Waals surface area contributed by atoms with Crippen molar-refractivity contribution in [3.8, 4) is 0 Å². The van der Waals surface area contributed by atoms with Gasteiger partial charge in [0.25, 0.3) is 0 Å². The number of benzene rings is 2. The molecule has 1 amide bonds. The number of sulfone groups is 1. The third kappa shape index (κ3) is 4.89. The second kappa shape index (κ2) is 7.37. The molecule has 0 aromatic heterocycles. The maximum absolute atomic E-state index is 12.8. The van der Waals surface area contributed by atoms with Crippen LogP contribution in [-0.2, 0) is 14.6 Å². The van der Waals surface area contributed by atoms with Gasteiger partial charge in [-0.15, -0.1) is 0 Å². The highest BCUT2D eigenvalue weighted by molar-refractivity contribution is 7.91. The SMILES string of the molecule is C[C@@H](NC(=O)CCS(=O)(=O)c1ccc(F)cc1)c1ccccc1. The van der Waals surface area contributed by atoms with Gasteiger partial charge in [-0.25, -0.2) is 12.8 Å². The minimum atomic E-state index is -3.60. The zero-order valence-corrected chi connectivity index (χ0v) is 13.5.